The molecule has 1 N–H and O–H groups in total. The van der Waals surface area contributed by atoms with Gasteiger partial charge in [0.2, 0.25) is 0 Å². The summed E-state index contributed by atoms with van der Waals surface area (Å²) in [4.78, 5) is 40.1. The van der Waals surface area contributed by atoms with E-state index < -0.39 is 18.0 Å². The Bertz CT molecular complexity index is 1740. The predicted octanol–water partition coefficient (Wildman–Crippen LogP) is 6.26. The van der Waals surface area contributed by atoms with Gasteiger partial charge in [-0.1, -0.05) is 13.0 Å². The average molecular weight is 563 g/mol. The smallest absolute Gasteiger partial charge is 0.338 e. The van der Waals surface area contributed by atoms with Crippen LogP contribution < -0.4 is 14.8 Å². The van der Waals surface area contributed by atoms with Gasteiger partial charge in [-0.3, -0.25) is 4.79 Å². The average Bonchev–Trinajstić information content (AvgIpc) is 3.02. The van der Waals surface area contributed by atoms with Crippen LogP contribution in [0.15, 0.2) is 84.9 Å². The second-order valence-corrected chi connectivity index (χ2v) is 9.54. The molecule has 9 nitrogen and oxygen atoms in total. The molecule has 0 saturated carbocycles. The van der Waals surface area contributed by atoms with E-state index in [1.54, 1.807) is 51.5 Å². The third-order valence-corrected chi connectivity index (χ3v) is 6.68. The first-order valence-corrected chi connectivity index (χ1v) is 13.4. The highest BCUT2D eigenvalue weighted by Gasteiger charge is 2.23. The molecular weight excluding hydrogens is 532 g/mol. The van der Waals surface area contributed by atoms with Crippen LogP contribution in [0.4, 0.5) is 5.82 Å². The van der Waals surface area contributed by atoms with Crippen LogP contribution >= 0.6 is 0 Å². The molecule has 5 aromatic rings. The number of amides is 1. The van der Waals surface area contributed by atoms with Crippen LogP contribution in [-0.2, 0) is 9.53 Å². The molecule has 2 heterocycles. The molecule has 1 atom stereocenters. The van der Waals surface area contributed by atoms with E-state index in [0.717, 1.165) is 28.3 Å². The summed E-state index contributed by atoms with van der Waals surface area (Å²) >= 11 is 0. The maximum atomic E-state index is 13.2. The van der Waals surface area contributed by atoms with Crippen LogP contribution in [0.1, 0.15) is 29.4 Å². The molecule has 5 rings (SSSR count). The van der Waals surface area contributed by atoms with Crippen LogP contribution in [0.3, 0.4) is 0 Å². The van der Waals surface area contributed by atoms with Crippen molar-refractivity contribution in [3.63, 3.8) is 0 Å². The normalized spacial score (nSPS) is 11.5. The number of esters is 1. The maximum Gasteiger partial charge on any atom is 0.338 e. The van der Waals surface area contributed by atoms with Crippen LogP contribution in [0.5, 0.6) is 11.5 Å². The Morgan fingerprint density at radius 2 is 1.36 bits per heavy atom. The third-order valence-electron chi connectivity index (χ3n) is 6.68. The molecule has 0 bridgehead atoms. The van der Waals surface area contributed by atoms with E-state index in [-0.39, 0.29) is 5.56 Å². The zero-order valence-corrected chi connectivity index (χ0v) is 23.8. The minimum atomic E-state index is -0.992. The van der Waals surface area contributed by atoms with E-state index in [2.05, 4.69) is 10.3 Å². The van der Waals surface area contributed by atoms with Gasteiger partial charge >= 0.3 is 5.97 Å². The number of nitrogens with one attached hydrogen (secondary N) is 1. The summed E-state index contributed by atoms with van der Waals surface area (Å²) in [5.74, 6) is 0.764. The monoisotopic (exact) mass is 562 g/mol. The number of pyridine rings is 1. The summed E-state index contributed by atoms with van der Waals surface area (Å²) in [5.41, 5.74) is 5.14. The summed E-state index contributed by atoms with van der Waals surface area (Å²) in [6, 6.07) is 25.4. The van der Waals surface area contributed by atoms with Gasteiger partial charge in [-0.25, -0.2) is 19.7 Å². The summed E-state index contributed by atoms with van der Waals surface area (Å²) in [6.07, 6.45) is -0.697. The number of benzene rings is 3. The highest BCUT2D eigenvalue weighted by atomic mass is 16.5. The topological polar surface area (TPSA) is 113 Å². The standard InChI is InChI=1S/C33H30N4O5/c1-5-28(32(38)37-29-8-6-7-20(2)34-29)42-33(39)23-13-18-26-27(19-23)36-31(22-11-16-25(41-4)17-12-22)30(35-26)21-9-14-24(40-3)15-10-21/h6-19,28H,5H2,1-4H3,(H,34,37,38). The first kappa shape index (κ1) is 28.2. The van der Waals surface area contributed by atoms with E-state index in [4.69, 9.17) is 24.2 Å². The Hall–Kier alpha value is -5.31. The highest BCUT2D eigenvalue weighted by Crippen LogP contribution is 2.33. The number of aromatic nitrogens is 3. The van der Waals surface area contributed by atoms with Crippen molar-refractivity contribution in [3.05, 3.63) is 96.2 Å². The molecule has 212 valence electrons. The molecular formula is C33H30N4O5. The molecule has 3 aromatic carbocycles. The number of hydrogen-bond donors (Lipinski definition) is 1. The number of carbonyl (C=O) groups is 2. The molecule has 42 heavy (non-hydrogen) atoms. The summed E-state index contributed by atoms with van der Waals surface area (Å²) in [6.45, 7) is 3.60. The minimum Gasteiger partial charge on any atom is -0.497 e. The molecule has 0 spiro atoms. The summed E-state index contributed by atoms with van der Waals surface area (Å²) in [5, 5.41) is 2.72. The molecule has 1 unspecified atom stereocenters. The minimum absolute atomic E-state index is 0.259. The lowest BCUT2D eigenvalue weighted by Gasteiger charge is -2.16. The number of aryl methyl sites for hydroxylation is 1. The van der Waals surface area contributed by atoms with E-state index >= 15 is 0 Å². The number of hydrogen-bond acceptors (Lipinski definition) is 8. The molecule has 9 heteroatoms. The first-order valence-electron chi connectivity index (χ1n) is 13.4. The predicted molar refractivity (Wildman–Crippen MR) is 161 cm³/mol. The molecule has 0 saturated heterocycles. The van der Waals surface area contributed by atoms with Crippen LogP contribution in [-0.4, -0.2) is 47.2 Å². The van der Waals surface area contributed by atoms with E-state index in [1.165, 1.54) is 0 Å². The zero-order chi connectivity index (χ0) is 29.6. The van der Waals surface area contributed by atoms with Gasteiger partial charge in [-0.15, -0.1) is 0 Å². The molecule has 1 amide bonds. The zero-order valence-electron chi connectivity index (χ0n) is 23.8. The Kier molecular flexibility index (Phi) is 8.38. The fourth-order valence-electron chi connectivity index (χ4n) is 4.42. The van der Waals surface area contributed by atoms with Gasteiger partial charge in [0, 0.05) is 16.8 Å². The summed E-state index contributed by atoms with van der Waals surface area (Å²) < 4.78 is 16.2. The van der Waals surface area contributed by atoms with Crippen molar-refractivity contribution in [1.82, 2.24) is 15.0 Å². The molecule has 0 fully saturated rings. The fraction of sp³-hybridized carbons (Fsp3) is 0.182. The molecule has 0 radical (unpaired) electrons. The second-order valence-electron chi connectivity index (χ2n) is 9.54. The van der Waals surface area contributed by atoms with Crippen LogP contribution in [0, 0.1) is 6.92 Å². The lowest BCUT2D eigenvalue weighted by atomic mass is 10.0. The number of carbonyl (C=O) groups excluding carboxylic acids is 2. The highest BCUT2D eigenvalue weighted by molar-refractivity contribution is 5.99. The lowest BCUT2D eigenvalue weighted by Crippen LogP contribution is -2.32. The maximum absolute atomic E-state index is 13.2. The van der Waals surface area contributed by atoms with E-state index in [0.29, 0.717) is 34.7 Å². The van der Waals surface area contributed by atoms with Crippen molar-refractivity contribution in [1.29, 1.82) is 0 Å². The number of methoxy groups -OCH3 is 2. The van der Waals surface area contributed by atoms with Crippen molar-refractivity contribution in [2.24, 2.45) is 0 Å². The first-order chi connectivity index (χ1) is 20.4. The number of nitrogens with zero attached hydrogens (tertiary/aromatic N) is 3. The molecule has 2 aromatic heterocycles. The lowest BCUT2D eigenvalue weighted by molar-refractivity contribution is -0.124. The van der Waals surface area contributed by atoms with Crippen molar-refractivity contribution >= 4 is 28.7 Å². The Morgan fingerprint density at radius 3 is 1.90 bits per heavy atom. The van der Waals surface area contributed by atoms with E-state index in [9.17, 15) is 9.59 Å². The van der Waals surface area contributed by atoms with Gasteiger partial charge in [0.05, 0.1) is 42.2 Å². The van der Waals surface area contributed by atoms with Crippen molar-refractivity contribution in [2.45, 2.75) is 26.4 Å². The SMILES string of the molecule is CCC(OC(=O)c1ccc2nc(-c3ccc(OC)cc3)c(-c3ccc(OC)cc3)nc2c1)C(=O)Nc1cccc(C)n1. The van der Waals surface area contributed by atoms with Gasteiger partial charge in [-0.2, -0.15) is 0 Å². The van der Waals surface area contributed by atoms with Crippen LogP contribution in [0.2, 0.25) is 0 Å². The number of rotatable bonds is 9. The second kappa shape index (κ2) is 12.5. The van der Waals surface area contributed by atoms with Gasteiger partial charge in [0.25, 0.3) is 5.91 Å². The fourth-order valence-corrected chi connectivity index (χ4v) is 4.42. The van der Waals surface area contributed by atoms with Gasteiger partial charge in [-0.05, 0) is 92.2 Å². The Labute approximate surface area is 243 Å². The van der Waals surface area contributed by atoms with Crippen LogP contribution in [0.25, 0.3) is 33.5 Å². The Balaban J connectivity index is 1.47. The van der Waals surface area contributed by atoms with Gasteiger partial charge < -0.3 is 19.5 Å². The number of ether oxygens (including phenoxy) is 3. The van der Waals surface area contributed by atoms with Crippen molar-refractivity contribution < 1.29 is 23.8 Å². The summed E-state index contributed by atoms with van der Waals surface area (Å²) in [7, 11) is 3.23. The largest absolute Gasteiger partial charge is 0.497 e. The molecule has 0 aliphatic heterocycles. The quantitative estimate of drug-likeness (QED) is 0.210. The van der Waals surface area contributed by atoms with Gasteiger partial charge in [0.15, 0.2) is 6.10 Å². The molecule has 0 aliphatic rings. The third kappa shape index (κ3) is 6.20. The van der Waals surface area contributed by atoms with Crippen molar-refractivity contribution in [2.75, 3.05) is 19.5 Å². The Morgan fingerprint density at radius 1 is 0.762 bits per heavy atom. The van der Waals surface area contributed by atoms with E-state index in [1.807, 2.05) is 61.5 Å². The van der Waals surface area contributed by atoms with Crippen molar-refractivity contribution in [3.8, 4) is 34.0 Å². The number of anilines is 1. The van der Waals surface area contributed by atoms with Gasteiger partial charge in [0.1, 0.15) is 17.3 Å². The number of fused-ring (bicyclic) bond motifs is 1. The molecule has 0 aliphatic carbocycles.